The molecule has 268 valence electrons. The topological polar surface area (TPSA) is 110 Å². The first kappa shape index (κ1) is 37.3. The molecule has 0 aliphatic heterocycles. The molecule has 1 heterocycles. The number of alkyl halides is 6. The number of hydrogen-bond acceptors (Lipinski definition) is 8. The first-order valence-electron chi connectivity index (χ1n) is 15.6. The number of hydrogen-bond donors (Lipinski definition) is 3. The van der Waals surface area contributed by atoms with E-state index in [1.54, 1.807) is 0 Å². The summed E-state index contributed by atoms with van der Waals surface area (Å²) in [6.07, 6.45) is -11.9. The van der Waals surface area contributed by atoms with Gasteiger partial charge < -0.3 is 25.1 Å². The number of fused-ring (bicyclic) bond motifs is 1. The van der Waals surface area contributed by atoms with Crippen LogP contribution in [0.2, 0.25) is 0 Å². The van der Waals surface area contributed by atoms with Crippen molar-refractivity contribution in [3.8, 4) is 5.75 Å². The molecule has 0 aliphatic rings. The number of aromatic amines is 1. The summed E-state index contributed by atoms with van der Waals surface area (Å²) in [5, 5.41) is 6.49. The molecule has 15 heteroatoms. The van der Waals surface area contributed by atoms with Gasteiger partial charge in [-0.1, -0.05) is 96.3 Å². The van der Waals surface area contributed by atoms with Crippen LogP contribution in [0.25, 0.3) is 10.2 Å². The van der Waals surface area contributed by atoms with Gasteiger partial charge in [0.05, 0.1) is 4.70 Å². The van der Waals surface area contributed by atoms with E-state index in [1.807, 2.05) is 60.7 Å². The number of thiazole rings is 1. The minimum Gasteiger partial charge on any atom is -0.449 e. The Morgan fingerprint density at radius 3 is 2.00 bits per heavy atom. The Morgan fingerprint density at radius 2 is 1.37 bits per heavy atom. The van der Waals surface area contributed by atoms with Gasteiger partial charge >= 0.3 is 29.2 Å². The molecule has 5 rings (SSSR count). The molecule has 0 saturated heterocycles. The number of carbonyl (C=O) groups is 2. The van der Waals surface area contributed by atoms with Crippen LogP contribution in [0.1, 0.15) is 39.8 Å². The standard InChI is InChI=1S/C36H31F6N3O5S/c37-35(38,39)32(46)49-28-15-14-26(31-30(28)45-34(48)51-31)29(50-33(47)36(40,41)42)21-43-17-16-22-8-7-9-23(18-22)19-44-20-27(24-10-3-1-4-11-24)25-12-5-2-6-13-25/h1-15,18,27,29,43-44H,16-17,19-21H2,(H,45,48)/t29-/m0/s1. The molecule has 0 amide bonds. The molecule has 3 N–H and O–H groups in total. The average molecular weight is 732 g/mol. The van der Waals surface area contributed by atoms with E-state index < -0.39 is 41.0 Å². The smallest absolute Gasteiger partial charge is 0.449 e. The van der Waals surface area contributed by atoms with Crippen molar-refractivity contribution >= 4 is 33.5 Å². The predicted molar refractivity (Wildman–Crippen MR) is 178 cm³/mol. The van der Waals surface area contributed by atoms with Crippen molar-refractivity contribution in [1.82, 2.24) is 15.6 Å². The number of esters is 2. The van der Waals surface area contributed by atoms with Crippen molar-refractivity contribution in [2.24, 2.45) is 0 Å². The third kappa shape index (κ3) is 10.1. The first-order valence-corrected chi connectivity index (χ1v) is 16.4. The van der Waals surface area contributed by atoms with Gasteiger partial charge in [0.25, 0.3) is 0 Å². The molecular weight excluding hydrogens is 700 g/mol. The second-order valence-corrected chi connectivity index (χ2v) is 12.4. The number of aromatic nitrogens is 1. The lowest BCUT2D eigenvalue weighted by molar-refractivity contribution is -0.205. The van der Waals surface area contributed by atoms with Gasteiger partial charge in [0.15, 0.2) is 5.75 Å². The van der Waals surface area contributed by atoms with Crippen LogP contribution in [0, 0.1) is 0 Å². The number of rotatable bonds is 14. The third-order valence-electron chi connectivity index (χ3n) is 7.83. The van der Waals surface area contributed by atoms with E-state index in [0.29, 0.717) is 30.8 Å². The van der Waals surface area contributed by atoms with Crippen molar-refractivity contribution in [2.75, 3.05) is 19.6 Å². The Kier molecular flexibility index (Phi) is 12.0. The fraction of sp³-hybridized carbons (Fsp3) is 0.250. The maximum atomic E-state index is 13.2. The lowest BCUT2D eigenvalue weighted by Gasteiger charge is -2.21. The molecule has 8 nitrogen and oxygen atoms in total. The Balaban J connectivity index is 1.24. The molecule has 0 spiro atoms. The van der Waals surface area contributed by atoms with Gasteiger partial charge in [0.1, 0.15) is 11.6 Å². The number of halogens is 6. The van der Waals surface area contributed by atoms with E-state index in [1.165, 1.54) is 11.1 Å². The highest BCUT2D eigenvalue weighted by molar-refractivity contribution is 7.16. The summed E-state index contributed by atoms with van der Waals surface area (Å²) in [6, 6.07) is 30.0. The van der Waals surface area contributed by atoms with Crippen LogP contribution in [0.15, 0.2) is 102 Å². The summed E-state index contributed by atoms with van der Waals surface area (Å²) in [6.45, 7) is 1.17. The number of carbonyl (C=O) groups excluding carboxylic acids is 2. The van der Waals surface area contributed by atoms with E-state index in [4.69, 9.17) is 4.74 Å². The van der Waals surface area contributed by atoms with E-state index in [0.717, 1.165) is 23.3 Å². The van der Waals surface area contributed by atoms with Crippen molar-refractivity contribution in [3.63, 3.8) is 0 Å². The zero-order valence-electron chi connectivity index (χ0n) is 26.6. The van der Waals surface area contributed by atoms with Gasteiger partial charge in [-0.15, -0.1) is 0 Å². The summed E-state index contributed by atoms with van der Waals surface area (Å²) in [7, 11) is 0. The van der Waals surface area contributed by atoms with Gasteiger partial charge in [0, 0.05) is 31.1 Å². The maximum Gasteiger partial charge on any atom is 0.491 e. The molecule has 51 heavy (non-hydrogen) atoms. The number of nitrogens with one attached hydrogen (secondary N) is 3. The number of ether oxygens (including phenoxy) is 2. The molecule has 0 bridgehead atoms. The molecule has 0 unspecified atom stereocenters. The second kappa shape index (κ2) is 16.4. The normalized spacial score (nSPS) is 12.6. The highest BCUT2D eigenvalue weighted by Gasteiger charge is 2.43. The predicted octanol–water partition coefficient (Wildman–Crippen LogP) is 6.96. The van der Waals surface area contributed by atoms with E-state index in [-0.39, 0.29) is 34.8 Å². The van der Waals surface area contributed by atoms with Gasteiger partial charge in [-0.05, 0) is 47.4 Å². The Morgan fingerprint density at radius 1 is 0.745 bits per heavy atom. The molecule has 0 radical (unpaired) electrons. The van der Waals surface area contributed by atoms with Crippen LogP contribution in [0.5, 0.6) is 5.75 Å². The van der Waals surface area contributed by atoms with E-state index in [2.05, 4.69) is 44.6 Å². The third-order valence-corrected chi connectivity index (χ3v) is 8.76. The molecule has 0 aliphatic carbocycles. The van der Waals surface area contributed by atoms with Gasteiger partial charge in [-0.2, -0.15) is 26.3 Å². The quantitative estimate of drug-likeness (QED) is 0.0491. The van der Waals surface area contributed by atoms with Gasteiger partial charge in [-0.3, -0.25) is 4.79 Å². The fourth-order valence-electron chi connectivity index (χ4n) is 5.46. The molecule has 1 atom stereocenters. The molecule has 0 saturated carbocycles. The van der Waals surface area contributed by atoms with Gasteiger partial charge in [-0.25, -0.2) is 9.59 Å². The summed E-state index contributed by atoms with van der Waals surface area (Å²) < 4.78 is 87.0. The highest BCUT2D eigenvalue weighted by atomic mass is 32.1. The Hall–Kier alpha value is -4.99. The minimum absolute atomic E-state index is 0.109. The van der Waals surface area contributed by atoms with E-state index >= 15 is 0 Å². The van der Waals surface area contributed by atoms with Crippen LogP contribution in [-0.2, 0) is 27.3 Å². The van der Waals surface area contributed by atoms with E-state index in [9.17, 15) is 40.7 Å². The van der Waals surface area contributed by atoms with Crippen molar-refractivity contribution in [1.29, 1.82) is 0 Å². The van der Waals surface area contributed by atoms with Crippen molar-refractivity contribution in [3.05, 3.63) is 135 Å². The Labute approximate surface area is 291 Å². The Bertz CT molecular complexity index is 1960. The summed E-state index contributed by atoms with van der Waals surface area (Å²) in [5.41, 5.74) is 3.83. The zero-order valence-corrected chi connectivity index (χ0v) is 27.5. The van der Waals surface area contributed by atoms with Crippen LogP contribution in [-0.4, -0.2) is 48.9 Å². The molecule has 1 aromatic heterocycles. The lowest BCUT2D eigenvalue weighted by atomic mass is 9.91. The molecular formula is C36H31F6N3O5S. The zero-order chi connectivity index (χ0) is 36.6. The largest absolute Gasteiger partial charge is 0.491 e. The average Bonchev–Trinajstić information content (AvgIpc) is 3.50. The van der Waals surface area contributed by atoms with Gasteiger partial charge in [0.2, 0.25) is 0 Å². The number of benzene rings is 4. The van der Waals surface area contributed by atoms with Crippen LogP contribution in [0.4, 0.5) is 26.3 Å². The monoisotopic (exact) mass is 731 g/mol. The summed E-state index contributed by atoms with van der Waals surface area (Å²) >= 11 is 0.444. The molecule has 0 fully saturated rings. The summed E-state index contributed by atoms with van der Waals surface area (Å²) in [4.78, 5) is 36.8. The number of H-pyrrole nitrogens is 1. The first-order chi connectivity index (χ1) is 24.3. The second-order valence-electron chi connectivity index (χ2n) is 11.4. The van der Waals surface area contributed by atoms with Crippen LogP contribution in [0.3, 0.4) is 0 Å². The molecule has 4 aromatic carbocycles. The van der Waals surface area contributed by atoms with Crippen LogP contribution < -0.4 is 20.2 Å². The molecule has 5 aromatic rings. The van der Waals surface area contributed by atoms with Crippen molar-refractivity contribution < 1.29 is 45.4 Å². The summed E-state index contributed by atoms with van der Waals surface area (Å²) in [5.74, 6) is -5.60. The van der Waals surface area contributed by atoms with Crippen molar-refractivity contribution in [2.45, 2.75) is 37.3 Å². The minimum atomic E-state index is -5.35. The maximum absolute atomic E-state index is 13.2. The lowest BCUT2D eigenvalue weighted by Crippen LogP contribution is -2.32. The van der Waals surface area contributed by atoms with Crippen LogP contribution >= 0.6 is 11.3 Å². The highest BCUT2D eigenvalue weighted by Crippen LogP contribution is 2.35. The fourth-order valence-corrected chi connectivity index (χ4v) is 6.37. The SMILES string of the molecule is O=C(Oc1ccc([C@H](CNCCc2cccc(CNCC(c3ccccc3)c3ccccc3)c2)OC(=O)C(F)(F)F)c2sc(=O)[nH]c12)C(F)(F)F.